The molecule has 1 aromatic heterocycles. The lowest BCUT2D eigenvalue weighted by molar-refractivity contribution is 0.250. The fraction of sp³-hybridized carbons (Fsp3) is 0.429. The summed E-state index contributed by atoms with van der Waals surface area (Å²) in [5, 5.41) is 16.3. The number of hydrogen-bond donors (Lipinski definition) is 3. The van der Waals surface area contributed by atoms with Crippen LogP contribution in [0, 0.1) is 0 Å². The number of carbonyl (C=O) groups excluding carboxylic acids is 1. The molecule has 8 heteroatoms. The van der Waals surface area contributed by atoms with Crippen LogP contribution >= 0.6 is 11.6 Å². The second-order valence-electron chi connectivity index (χ2n) is 7.55. The number of aromatic nitrogens is 1. The number of hydrogen-bond acceptors (Lipinski definition) is 5. The molecule has 0 spiro atoms. The molecule has 1 aliphatic rings. The number of anilines is 2. The van der Waals surface area contributed by atoms with Crippen molar-refractivity contribution in [3.63, 3.8) is 0 Å². The summed E-state index contributed by atoms with van der Waals surface area (Å²) in [6.07, 6.45) is 2.68. The summed E-state index contributed by atoms with van der Waals surface area (Å²) in [4.78, 5) is 20.9. The summed E-state index contributed by atoms with van der Waals surface area (Å²) in [6.45, 7) is 8.05. The number of rotatable bonds is 5. The monoisotopic (exact) mass is 417 g/mol. The van der Waals surface area contributed by atoms with Crippen LogP contribution in [0.1, 0.15) is 25.8 Å². The molecular formula is C21H28ClN5O2. The number of nitrogens with one attached hydrogen (secondary N) is 2. The third kappa shape index (κ3) is 6.24. The standard InChI is InChI=1S/C21H28ClN5O2/c1-15(2)24-21(29)25-18-5-7-20(23-13-18)27-9-3-8-26(10-11-27)14-16-12-17(22)4-6-19(16)28/h4-7,12-13,15,28H,3,8-11,14H2,1-2H3,(H2,24,25,29). The van der Waals surface area contributed by atoms with Crippen molar-refractivity contribution in [3.05, 3.63) is 47.1 Å². The molecule has 0 bridgehead atoms. The van der Waals surface area contributed by atoms with E-state index in [1.165, 1.54) is 0 Å². The molecule has 1 aromatic carbocycles. The first-order chi connectivity index (χ1) is 13.9. The van der Waals surface area contributed by atoms with Gasteiger partial charge in [-0.05, 0) is 50.6 Å². The van der Waals surface area contributed by atoms with Crippen LogP contribution in [-0.2, 0) is 6.54 Å². The molecule has 1 saturated heterocycles. The predicted octanol–water partition coefficient (Wildman–Crippen LogP) is 3.68. The van der Waals surface area contributed by atoms with E-state index in [-0.39, 0.29) is 17.8 Å². The average Bonchev–Trinajstić information content (AvgIpc) is 2.90. The Labute approximate surface area is 176 Å². The second-order valence-corrected chi connectivity index (χ2v) is 7.98. The van der Waals surface area contributed by atoms with Gasteiger partial charge in [0.15, 0.2) is 0 Å². The van der Waals surface area contributed by atoms with Crippen LogP contribution in [0.4, 0.5) is 16.3 Å². The Morgan fingerprint density at radius 2 is 2.03 bits per heavy atom. The first-order valence-electron chi connectivity index (χ1n) is 9.89. The molecule has 7 nitrogen and oxygen atoms in total. The zero-order valence-corrected chi connectivity index (χ0v) is 17.6. The molecule has 3 rings (SSSR count). The number of pyridine rings is 1. The van der Waals surface area contributed by atoms with Crippen LogP contribution in [-0.4, -0.2) is 53.2 Å². The summed E-state index contributed by atoms with van der Waals surface area (Å²) >= 11 is 6.06. The minimum absolute atomic E-state index is 0.0797. The van der Waals surface area contributed by atoms with E-state index in [2.05, 4.69) is 25.4 Å². The molecule has 0 radical (unpaired) electrons. The van der Waals surface area contributed by atoms with Crippen molar-refractivity contribution in [2.45, 2.75) is 32.9 Å². The highest BCUT2D eigenvalue weighted by atomic mass is 35.5. The molecule has 0 aliphatic carbocycles. The lowest BCUT2D eigenvalue weighted by Gasteiger charge is -2.23. The van der Waals surface area contributed by atoms with E-state index in [0.29, 0.717) is 17.3 Å². The quantitative estimate of drug-likeness (QED) is 0.691. The smallest absolute Gasteiger partial charge is 0.319 e. The van der Waals surface area contributed by atoms with Gasteiger partial charge in [0.2, 0.25) is 0 Å². The molecule has 156 valence electrons. The fourth-order valence-electron chi connectivity index (χ4n) is 3.36. The molecule has 0 atom stereocenters. The maximum atomic E-state index is 11.8. The highest BCUT2D eigenvalue weighted by molar-refractivity contribution is 6.30. The van der Waals surface area contributed by atoms with E-state index < -0.39 is 0 Å². The zero-order valence-electron chi connectivity index (χ0n) is 16.9. The van der Waals surface area contributed by atoms with Gasteiger partial charge in [-0.2, -0.15) is 0 Å². The Morgan fingerprint density at radius 1 is 1.21 bits per heavy atom. The molecule has 3 N–H and O–H groups in total. The van der Waals surface area contributed by atoms with Gasteiger partial charge in [-0.15, -0.1) is 0 Å². The van der Waals surface area contributed by atoms with Crippen LogP contribution in [0.25, 0.3) is 0 Å². The molecule has 1 aliphatic heterocycles. The number of nitrogens with zero attached hydrogens (tertiary/aromatic N) is 3. The average molecular weight is 418 g/mol. The Kier molecular flexibility index (Phi) is 7.17. The van der Waals surface area contributed by atoms with Crippen LogP contribution < -0.4 is 15.5 Å². The summed E-state index contributed by atoms with van der Waals surface area (Å²) in [5.41, 5.74) is 1.51. The molecule has 0 saturated carbocycles. The first kappa shape index (κ1) is 21.2. The summed E-state index contributed by atoms with van der Waals surface area (Å²) < 4.78 is 0. The number of amides is 2. The van der Waals surface area contributed by atoms with Crippen molar-refractivity contribution >= 4 is 29.1 Å². The van der Waals surface area contributed by atoms with Gasteiger partial charge in [-0.25, -0.2) is 9.78 Å². The summed E-state index contributed by atoms with van der Waals surface area (Å²) in [7, 11) is 0. The number of carbonyl (C=O) groups is 1. The van der Waals surface area contributed by atoms with Gasteiger partial charge in [-0.1, -0.05) is 11.6 Å². The van der Waals surface area contributed by atoms with Crippen LogP contribution in [0.2, 0.25) is 5.02 Å². The highest BCUT2D eigenvalue weighted by Gasteiger charge is 2.17. The third-order valence-corrected chi connectivity index (χ3v) is 5.01. The van der Waals surface area contributed by atoms with Crippen molar-refractivity contribution in [3.8, 4) is 5.75 Å². The largest absolute Gasteiger partial charge is 0.508 e. The third-order valence-electron chi connectivity index (χ3n) is 4.77. The Balaban J connectivity index is 1.56. The van der Waals surface area contributed by atoms with Gasteiger partial charge in [0, 0.05) is 49.4 Å². The predicted molar refractivity (Wildman–Crippen MR) is 117 cm³/mol. The lowest BCUT2D eigenvalue weighted by Crippen LogP contribution is -2.34. The summed E-state index contributed by atoms with van der Waals surface area (Å²) in [5.74, 6) is 1.18. The highest BCUT2D eigenvalue weighted by Crippen LogP contribution is 2.24. The SMILES string of the molecule is CC(C)NC(=O)Nc1ccc(N2CCCN(Cc3cc(Cl)ccc3O)CC2)nc1. The van der Waals surface area contributed by atoms with Crippen molar-refractivity contribution in [2.75, 3.05) is 36.4 Å². The van der Waals surface area contributed by atoms with E-state index >= 15 is 0 Å². The number of aromatic hydroxyl groups is 1. The minimum Gasteiger partial charge on any atom is -0.508 e. The van der Waals surface area contributed by atoms with E-state index in [1.54, 1.807) is 18.3 Å². The number of phenolic OH excluding ortho intramolecular Hbond substituents is 1. The molecule has 2 aromatic rings. The number of phenols is 1. The maximum Gasteiger partial charge on any atom is 0.319 e. The van der Waals surface area contributed by atoms with E-state index in [4.69, 9.17) is 11.6 Å². The van der Waals surface area contributed by atoms with Crippen molar-refractivity contribution < 1.29 is 9.90 Å². The van der Waals surface area contributed by atoms with Gasteiger partial charge in [0.1, 0.15) is 11.6 Å². The maximum absolute atomic E-state index is 11.8. The Morgan fingerprint density at radius 3 is 2.76 bits per heavy atom. The van der Waals surface area contributed by atoms with E-state index in [0.717, 1.165) is 44.0 Å². The molecular weight excluding hydrogens is 390 g/mol. The van der Waals surface area contributed by atoms with Crippen LogP contribution in [0.15, 0.2) is 36.5 Å². The van der Waals surface area contributed by atoms with Gasteiger partial charge in [0.25, 0.3) is 0 Å². The summed E-state index contributed by atoms with van der Waals surface area (Å²) in [6, 6.07) is 8.81. The van der Waals surface area contributed by atoms with Gasteiger partial charge in [-0.3, -0.25) is 4.90 Å². The molecule has 0 unspecified atom stereocenters. The molecule has 2 amide bonds. The molecule has 29 heavy (non-hydrogen) atoms. The second kappa shape index (κ2) is 9.80. The van der Waals surface area contributed by atoms with E-state index in [9.17, 15) is 9.90 Å². The minimum atomic E-state index is -0.232. The number of halogens is 1. The Bertz CT molecular complexity index is 828. The zero-order chi connectivity index (χ0) is 20.8. The molecule has 2 heterocycles. The van der Waals surface area contributed by atoms with Crippen molar-refractivity contribution in [1.29, 1.82) is 0 Å². The molecule has 1 fully saturated rings. The lowest BCUT2D eigenvalue weighted by atomic mass is 10.2. The van der Waals surface area contributed by atoms with E-state index in [1.807, 2.05) is 32.0 Å². The number of benzene rings is 1. The normalized spacial score (nSPS) is 15.2. The Hall–Kier alpha value is -2.51. The van der Waals surface area contributed by atoms with Gasteiger partial charge < -0.3 is 20.6 Å². The number of urea groups is 1. The first-order valence-corrected chi connectivity index (χ1v) is 10.3. The van der Waals surface area contributed by atoms with Crippen LogP contribution in [0.3, 0.4) is 0 Å². The fourth-order valence-corrected chi connectivity index (χ4v) is 3.55. The van der Waals surface area contributed by atoms with Gasteiger partial charge >= 0.3 is 6.03 Å². The van der Waals surface area contributed by atoms with Crippen LogP contribution in [0.5, 0.6) is 5.75 Å². The van der Waals surface area contributed by atoms with Gasteiger partial charge in [0.05, 0.1) is 11.9 Å². The van der Waals surface area contributed by atoms with Crippen molar-refractivity contribution in [1.82, 2.24) is 15.2 Å². The van der Waals surface area contributed by atoms with Crippen molar-refractivity contribution in [2.24, 2.45) is 0 Å². The topological polar surface area (TPSA) is 80.7 Å².